The summed E-state index contributed by atoms with van der Waals surface area (Å²) in [6.45, 7) is 2.75. The maximum atomic E-state index is 12.1. The molecule has 8 heteroatoms. The van der Waals surface area contributed by atoms with Gasteiger partial charge in [-0.1, -0.05) is 39.0 Å². The van der Waals surface area contributed by atoms with Crippen LogP contribution in [-0.4, -0.2) is 69.9 Å². The molecule has 0 saturated heterocycles. The molecule has 0 rings (SSSR count). The topological polar surface area (TPSA) is 136 Å². The van der Waals surface area contributed by atoms with Gasteiger partial charge in [-0.3, -0.25) is 9.59 Å². The molecule has 0 unspecified atom stereocenters. The molecule has 0 aromatic carbocycles. The van der Waals surface area contributed by atoms with Crippen LogP contribution in [0.3, 0.4) is 0 Å². The molecule has 0 aliphatic rings. The Hall–Kier alpha value is -1.22. The minimum atomic E-state index is -1.85. The van der Waals surface area contributed by atoms with Gasteiger partial charge >= 0.3 is 5.97 Å². The minimum absolute atomic E-state index is 0.355. The maximum Gasteiger partial charge on any atom is 0.303 e. The monoisotopic (exact) mass is 349 g/mol. The lowest BCUT2D eigenvalue weighted by Gasteiger charge is -2.27. The third kappa shape index (κ3) is 9.17. The molecule has 0 heterocycles. The number of hydrogen-bond acceptors (Lipinski definition) is 7. The summed E-state index contributed by atoms with van der Waals surface area (Å²) in [5.41, 5.74) is 0. The number of carbonyl (C=O) groups excluding carboxylic acids is 2. The Labute approximate surface area is 142 Å². The van der Waals surface area contributed by atoms with Crippen molar-refractivity contribution >= 4 is 11.9 Å². The van der Waals surface area contributed by atoms with Gasteiger partial charge in [0.1, 0.15) is 18.3 Å². The maximum absolute atomic E-state index is 12.1. The quantitative estimate of drug-likeness (QED) is 0.223. The zero-order valence-corrected chi connectivity index (χ0v) is 14.5. The normalized spacial score (nSPS) is 16.1. The molecule has 1 amide bonds. The molecule has 5 N–H and O–H groups in total. The zero-order valence-electron chi connectivity index (χ0n) is 14.5. The summed E-state index contributed by atoms with van der Waals surface area (Å²) in [5.74, 6) is -1.56. The Morgan fingerprint density at radius 1 is 1.00 bits per heavy atom. The van der Waals surface area contributed by atoms with Crippen molar-refractivity contribution < 1.29 is 34.8 Å². The third-order valence-corrected chi connectivity index (χ3v) is 3.62. The Balaban J connectivity index is 4.42. The molecular formula is C16H31NO7. The summed E-state index contributed by atoms with van der Waals surface area (Å²) < 4.78 is 4.75. The second-order valence-electron chi connectivity index (χ2n) is 5.82. The van der Waals surface area contributed by atoms with Crippen LogP contribution in [-0.2, 0) is 14.3 Å². The highest BCUT2D eigenvalue weighted by molar-refractivity contribution is 5.84. The van der Waals surface area contributed by atoms with Crippen molar-refractivity contribution in [3.63, 3.8) is 0 Å². The number of hydrogen-bond donors (Lipinski definition) is 5. The Kier molecular flexibility index (Phi) is 12.4. The van der Waals surface area contributed by atoms with Gasteiger partial charge in [0, 0.05) is 13.5 Å². The van der Waals surface area contributed by atoms with Crippen molar-refractivity contribution in [3.8, 4) is 0 Å². The second kappa shape index (κ2) is 13.1. The molecule has 0 radical (unpaired) electrons. The van der Waals surface area contributed by atoms with Gasteiger partial charge in [0.2, 0.25) is 6.10 Å². The number of aliphatic hydroxyl groups is 4. The van der Waals surface area contributed by atoms with Gasteiger partial charge in [-0.2, -0.15) is 0 Å². The molecule has 0 aromatic heterocycles. The van der Waals surface area contributed by atoms with Crippen LogP contribution in [0, 0.1) is 0 Å². The van der Waals surface area contributed by atoms with Gasteiger partial charge in [0.15, 0.2) is 0 Å². The minimum Gasteiger partial charge on any atom is -0.450 e. The summed E-state index contributed by atoms with van der Waals surface area (Å²) in [4.78, 5) is 23.2. The zero-order chi connectivity index (χ0) is 18.5. The average molecular weight is 349 g/mol. The highest BCUT2D eigenvalue weighted by Gasteiger charge is 2.37. The standard InChI is InChI=1S/C16H31NO7/c1-3-4-5-6-7-8-9-17-16(23)15(24-11(2)19)14(22)13(21)12(20)10-18/h12-15,18,20-22H,3-10H2,1-2H3,(H,17,23)/t12-,13-,14+,15-/m1/s1. The molecule has 4 atom stereocenters. The summed E-state index contributed by atoms with van der Waals surface area (Å²) in [6.07, 6.45) is -0.722. The first-order chi connectivity index (χ1) is 11.3. The lowest BCUT2D eigenvalue weighted by atomic mass is 10.0. The summed E-state index contributed by atoms with van der Waals surface area (Å²) >= 11 is 0. The van der Waals surface area contributed by atoms with E-state index in [0.717, 1.165) is 39.0 Å². The van der Waals surface area contributed by atoms with Gasteiger partial charge in [0.05, 0.1) is 6.61 Å². The van der Waals surface area contributed by atoms with Crippen molar-refractivity contribution in [3.05, 3.63) is 0 Å². The summed E-state index contributed by atoms with van der Waals surface area (Å²) in [6, 6.07) is 0. The fraction of sp³-hybridized carbons (Fsp3) is 0.875. The number of carbonyl (C=O) groups is 2. The molecule has 8 nitrogen and oxygen atoms in total. The predicted molar refractivity (Wildman–Crippen MR) is 87.0 cm³/mol. The number of ether oxygens (including phenoxy) is 1. The van der Waals surface area contributed by atoms with E-state index in [1.54, 1.807) is 0 Å². The van der Waals surface area contributed by atoms with Crippen LogP contribution >= 0.6 is 0 Å². The number of esters is 1. The molecule has 0 bridgehead atoms. The van der Waals surface area contributed by atoms with Gasteiger partial charge in [-0.15, -0.1) is 0 Å². The lowest BCUT2D eigenvalue weighted by Crippen LogP contribution is -2.53. The molecule has 0 aromatic rings. The van der Waals surface area contributed by atoms with E-state index in [1.165, 1.54) is 6.42 Å². The number of unbranched alkanes of at least 4 members (excludes halogenated alkanes) is 5. The molecule has 0 aliphatic heterocycles. The molecule has 0 spiro atoms. The lowest BCUT2D eigenvalue weighted by molar-refractivity contribution is -0.172. The van der Waals surface area contributed by atoms with Crippen LogP contribution in [0.25, 0.3) is 0 Å². The van der Waals surface area contributed by atoms with E-state index in [4.69, 9.17) is 9.84 Å². The first-order valence-electron chi connectivity index (χ1n) is 8.45. The molecular weight excluding hydrogens is 318 g/mol. The van der Waals surface area contributed by atoms with E-state index in [-0.39, 0.29) is 0 Å². The number of nitrogens with one attached hydrogen (secondary N) is 1. The molecule has 0 aliphatic carbocycles. The first-order valence-corrected chi connectivity index (χ1v) is 8.45. The third-order valence-electron chi connectivity index (χ3n) is 3.62. The molecule has 24 heavy (non-hydrogen) atoms. The Morgan fingerprint density at radius 3 is 2.12 bits per heavy atom. The van der Waals surface area contributed by atoms with Crippen molar-refractivity contribution in [2.24, 2.45) is 0 Å². The highest BCUT2D eigenvalue weighted by Crippen LogP contribution is 2.10. The van der Waals surface area contributed by atoms with Crippen LogP contribution in [0.4, 0.5) is 0 Å². The van der Waals surface area contributed by atoms with Crippen LogP contribution in [0.1, 0.15) is 52.4 Å². The highest BCUT2D eigenvalue weighted by atomic mass is 16.6. The van der Waals surface area contributed by atoms with Gasteiger partial charge < -0.3 is 30.5 Å². The first kappa shape index (κ1) is 22.8. The molecule has 142 valence electrons. The largest absolute Gasteiger partial charge is 0.450 e. The van der Waals surface area contributed by atoms with Gasteiger partial charge in [-0.25, -0.2) is 0 Å². The van der Waals surface area contributed by atoms with Crippen molar-refractivity contribution in [1.82, 2.24) is 5.32 Å². The summed E-state index contributed by atoms with van der Waals surface area (Å²) in [5, 5.41) is 40.3. The van der Waals surface area contributed by atoms with Crippen molar-refractivity contribution in [2.45, 2.75) is 76.8 Å². The fourth-order valence-corrected chi connectivity index (χ4v) is 2.19. The number of aliphatic hydroxyl groups excluding tert-OH is 4. The number of rotatable bonds is 13. The second-order valence-corrected chi connectivity index (χ2v) is 5.82. The SMILES string of the molecule is CCCCCCCCNC(=O)[C@H](OC(C)=O)[C@@H](O)[C@H](O)[C@H](O)CO. The van der Waals surface area contributed by atoms with Crippen LogP contribution < -0.4 is 5.32 Å². The summed E-state index contributed by atoms with van der Waals surface area (Å²) in [7, 11) is 0. The van der Waals surface area contributed by atoms with Crippen molar-refractivity contribution in [1.29, 1.82) is 0 Å². The van der Waals surface area contributed by atoms with Gasteiger partial charge in [0.25, 0.3) is 5.91 Å². The Morgan fingerprint density at radius 2 is 1.58 bits per heavy atom. The van der Waals surface area contributed by atoms with E-state index in [2.05, 4.69) is 12.2 Å². The van der Waals surface area contributed by atoms with E-state index in [0.29, 0.717) is 6.54 Å². The van der Waals surface area contributed by atoms with Crippen LogP contribution in [0.15, 0.2) is 0 Å². The predicted octanol–water partition coefficient (Wildman–Crippen LogP) is -0.530. The van der Waals surface area contributed by atoms with E-state index in [1.807, 2.05) is 0 Å². The average Bonchev–Trinajstić information content (AvgIpc) is 2.56. The van der Waals surface area contributed by atoms with Crippen molar-refractivity contribution in [2.75, 3.05) is 13.2 Å². The number of amides is 1. The van der Waals surface area contributed by atoms with Crippen LogP contribution in [0.2, 0.25) is 0 Å². The fourth-order valence-electron chi connectivity index (χ4n) is 2.19. The van der Waals surface area contributed by atoms with E-state index < -0.39 is 42.9 Å². The Bertz CT molecular complexity index is 364. The molecule has 0 fully saturated rings. The van der Waals surface area contributed by atoms with Gasteiger partial charge in [-0.05, 0) is 6.42 Å². The van der Waals surface area contributed by atoms with Crippen LogP contribution in [0.5, 0.6) is 0 Å². The molecule has 0 saturated carbocycles. The smallest absolute Gasteiger partial charge is 0.303 e. The van der Waals surface area contributed by atoms with E-state index in [9.17, 15) is 24.9 Å². The van der Waals surface area contributed by atoms with E-state index >= 15 is 0 Å².